The monoisotopic (exact) mass is 478 g/mol. The van der Waals surface area contributed by atoms with Crippen LogP contribution in [-0.2, 0) is 11.0 Å². The van der Waals surface area contributed by atoms with Crippen LogP contribution in [0.5, 0.6) is 17.2 Å². The molecule has 0 atom stereocenters. The molecule has 1 saturated heterocycles. The number of amides is 1. The Morgan fingerprint density at radius 3 is 2.71 bits per heavy atom. The number of carbonyl (C=O) groups is 1. The maximum Gasteiger partial charge on any atom is 0.453 e. The van der Waals surface area contributed by atoms with Crippen molar-refractivity contribution in [3.05, 3.63) is 36.2 Å². The van der Waals surface area contributed by atoms with Gasteiger partial charge in [0.05, 0.1) is 6.54 Å². The Balaban J connectivity index is 1.10. The molecule has 2 aliphatic heterocycles. The second-order valence-corrected chi connectivity index (χ2v) is 7.90. The molecule has 0 spiro atoms. The fraction of sp³-hybridized carbons (Fsp3) is 0.429. The highest BCUT2D eigenvalue weighted by Crippen LogP contribution is 2.35. The number of nitrogens with zero attached hydrogens (tertiary/aromatic N) is 5. The van der Waals surface area contributed by atoms with E-state index in [1.165, 1.54) is 6.07 Å². The number of nitrogens with one attached hydrogen (secondary N) is 1. The van der Waals surface area contributed by atoms with Gasteiger partial charge < -0.3 is 24.4 Å². The van der Waals surface area contributed by atoms with E-state index in [1.807, 2.05) is 4.90 Å². The maximum atomic E-state index is 13.1. The molecule has 1 aromatic carbocycles. The van der Waals surface area contributed by atoms with Gasteiger partial charge in [-0.25, -0.2) is 0 Å². The van der Waals surface area contributed by atoms with Gasteiger partial charge in [0, 0.05) is 25.1 Å². The lowest BCUT2D eigenvalue weighted by molar-refractivity contribution is -0.146. The van der Waals surface area contributed by atoms with Gasteiger partial charge in [-0.2, -0.15) is 17.7 Å². The van der Waals surface area contributed by atoms with E-state index in [9.17, 15) is 18.0 Å². The Morgan fingerprint density at radius 1 is 1.12 bits per heavy atom. The number of ether oxygens (including phenoxy) is 3. The number of hydrogen-bond donors (Lipinski definition) is 1. The summed E-state index contributed by atoms with van der Waals surface area (Å²) in [5.41, 5.74) is 0.0216. The van der Waals surface area contributed by atoms with Gasteiger partial charge in [-0.1, -0.05) is 0 Å². The molecule has 1 N–H and O–H groups in total. The van der Waals surface area contributed by atoms with Crippen molar-refractivity contribution in [2.75, 3.05) is 37.9 Å². The van der Waals surface area contributed by atoms with Gasteiger partial charge in [-0.05, 0) is 37.1 Å². The summed E-state index contributed by atoms with van der Waals surface area (Å²) in [4.78, 5) is 14.4. The van der Waals surface area contributed by atoms with Gasteiger partial charge in [-0.15, -0.1) is 15.3 Å². The molecule has 13 heteroatoms. The third-order valence-corrected chi connectivity index (χ3v) is 5.71. The van der Waals surface area contributed by atoms with E-state index in [0.717, 1.165) is 0 Å². The van der Waals surface area contributed by atoms with Crippen molar-refractivity contribution in [2.45, 2.75) is 19.0 Å². The van der Waals surface area contributed by atoms with Crippen molar-refractivity contribution in [1.82, 2.24) is 25.1 Å². The van der Waals surface area contributed by atoms with Crippen LogP contribution >= 0.6 is 0 Å². The molecule has 5 rings (SSSR count). The van der Waals surface area contributed by atoms with Crippen molar-refractivity contribution in [3.8, 4) is 17.2 Å². The molecular weight excluding hydrogens is 457 g/mol. The molecule has 2 aliphatic rings. The zero-order chi connectivity index (χ0) is 23.7. The van der Waals surface area contributed by atoms with Crippen LogP contribution in [0.1, 0.15) is 18.7 Å². The highest BCUT2D eigenvalue weighted by Gasteiger charge is 2.38. The summed E-state index contributed by atoms with van der Waals surface area (Å²) in [6, 6.07) is 8.34. The van der Waals surface area contributed by atoms with Crippen LogP contribution in [0.2, 0.25) is 0 Å². The zero-order valence-electron chi connectivity index (χ0n) is 17.9. The number of carbonyl (C=O) groups excluding carboxylic acids is 1. The van der Waals surface area contributed by atoms with Crippen LogP contribution in [0.4, 0.5) is 19.0 Å². The van der Waals surface area contributed by atoms with E-state index in [-0.39, 0.29) is 24.3 Å². The number of alkyl halides is 3. The van der Waals surface area contributed by atoms with Crippen molar-refractivity contribution in [2.24, 2.45) is 5.92 Å². The minimum absolute atomic E-state index is 0.0216. The minimum Gasteiger partial charge on any atom is -0.492 e. The third kappa shape index (κ3) is 4.50. The highest BCUT2D eigenvalue weighted by atomic mass is 19.4. The number of anilines is 1. The third-order valence-electron chi connectivity index (χ3n) is 5.71. The van der Waals surface area contributed by atoms with Crippen LogP contribution in [0, 0.1) is 5.92 Å². The van der Waals surface area contributed by atoms with Crippen LogP contribution in [0.25, 0.3) is 5.65 Å². The predicted molar refractivity (Wildman–Crippen MR) is 112 cm³/mol. The lowest BCUT2D eigenvalue weighted by Crippen LogP contribution is -2.41. The second kappa shape index (κ2) is 8.88. The van der Waals surface area contributed by atoms with E-state index in [1.54, 1.807) is 24.3 Å². The Morgan fingerprint density at radius 2 is 1.91 bits per heavy atom. The van der Waals surface area contributed by atoms with Crippen molar-refractivity contribution < 1.29 is 32.2 Å². The van der Waals surface area contributed by atoms with Crippen LogP contribution < -0.4 is 24.4 Å². The molecule has 0 aliphatic carbocycles. The molecule has 34 heavy (non-hydrogen) atoms. The first kappa shape index (κ1) is 22.0. The number of rotatable bonds is 6. The Kier molecular flexibility index (Phi) is 5.75. The molecule has 0 bridgehead atoms. The summed E-state index contributed by atoms with van der Waals surface area (Å²) in [6.45, 7) is 1.82. The number of piperidine rings is 1. The second-order valence-electron chi connectivity index (χ2n) is 7.90. The topological polar surface area (TPSA) is 103 Å². The van der Waals surface area contributed by atoms with Crippen LogP contribution in [0.3, 0.4) is 0 Å². The zero-order valence-corrected chi connectivity index (χ0v) is 17.9. The lowest BCUT2D eigenvalue weighted by Gasteiger charge is -2.32. The number of hydrogen-bond acceptors (Lipinski definition) is 8. The summed E-state index contributed by atoms with van der Waals surface area (Å²) >= 11 is 0. The van der Waals surface area contributed by atoms with Gasteiger partial charge >= 0.3 is 6.18 Å². The van der Waals surface area contributed by atoms with Gasteiger partial charge in [0.1, 0.15) is 18.2 Å². The summed E-state index contributed by atoms with van der Waals surface area (Å²) in [5.74, 6) is 0.876. The summed E-state index contributed by atoms with van der Waals surface area (Å²) in [5, 5.41) is 13.6. The van der Waals surface area contributed by atoms with Crippen molar-refractivity contribution in [3.63, 3.8) is 0 Å². The van der Waals surface area contributed by atoms with E-state index in [4.69, 9.17) is 14.2 Å². The largest absolute Gasteiger partial charge is 0.492 e. The molecular formula is C21H21F3N6O4. The van der Waals surface area contributed by atoms with Gasteiger partial charge in [0.15, 0.2) is 17.1 Å². The molecule has 0 unspecified atom stereocenters. The molecule has 4 heterocycles. The number of halogens is 3. The first-order valence-electron chi connectivity index (χ1n) is 10.7. The molecule has 0 radical (unpaired) electrons. The molecule has 1 amide bonds. The van der Waals surface area contributed by atoms with Gasteiger partial charge in [0.2, 0.25) is 12.7 Å². The van der Waals surface area contributed by atoms with Crippen LogP contribution in [-0.4, -0.2) is 58.8 Å². The average Bonchev–Trinajstić information content (AvgIpc) is 3.47. The molecule has 2 aromatic heterocycles. The Hall–Kier alpha value is -3.77. The maximum absolute atomic E-state index is 13.1. The summed E-state index contributed by atoms with van der Waals surface area (Å²) in [6.07, 6.45) is -3.53. The van der Waals surface area contributed by atoms with Crippen LogP contribution in [0.15, 0.2) is 30.3 Å². The summed E-state index contributed by atoms with van der Waals surface area (Å²) < 4.78 is 56.2. The Bertz CT molecular complexity index is 1190. The molecule has 180 valence electrons. The van der Waals surface area contributed by atoms with Crippen molar-refractivity contribution >= 4 is 17.4 Å². The Labute approximate surface area is 191 Å². The standard InChI is InChI=1S/C21H21F3N6O4/c22-21(23,24)20-27-26-17-3-4-18(28-30(17)20)29-8-5-13(6-9-29)19(31)25-7-10-32-14-1-2-15-16(11-14)34-12-33-15/h1-4,11,13H,5-10,12H2,(H,25,31). The lowest BCUT2D eigenvalue weighted by atomic mass is 9.96. The molecule has 10 nitrogen and oxygen atoms in total. The van der Waals surface area contributed by atoms with E-state index >= 15 is 0 Å². The molecule has 3 aromatic rings. The minimum atomic E-state index is -4.65. The van der Waals surface area contributed by atoms with Gasteiger partial charge in [0.25, 0.3) is 5.82 Å². The normalized spacial score (nSPS) is 16.1. The smallest absolute Gasteiger partial charge is 0.453 e. The first-order chi connectivity index (χ1) is 16.4. The number of fused-ring (bicyclic) bond motifs is 2. The van der Waals surface area contributed by atoms with E-state index < -0.39 is 12.0 Å². The fourth-order valence-corrected chi connectivity index (χ4v) is 3.95. The number of benzene rings is 1. The quantitative estimate of drug-likeness (QED) is 0.539. The fourth-order valence-electron chi connectivity index (χ4n) is 3.95. The molecule has 1 fully saturated rings. The van der Waals surface area contributed by atoms with E-state index in [0.29, 0.717) is 66.7 Å². The van der Waals surface area contributed by atoms with E-state index in [2.05, 4.69) is 20.6 Å². The molecule has 0 saturated carbocycles. The average molecular weight is 478 g/mol. The first-order valence-corrected chi connectivity index (χ1v) is 10.7. The predicted octanol–water partition coefficient (Wildman–Crippen LogP) is 2.28. The summed E-state index contributed by atoms with van der Waals surface area (Å²) in [7, 11) is 0. The highest BCUT2D eigenvalue weighted by molar-refractivity contribution is 5.79. The van der Waals surface area contributed by atoms with Gasteiger partial charge in [-0.3, -0.25) is 4.79 Å². The number of aromatic nitrogens is 4. The SMILES string of the molecule is O=C(NCCOc1ccc2c(c1)OCO2)C1CCN(c2ccc3nnc(C(F)(F)F)n3n2)CC1. The van der Waals surface area contributed by atoms with Crippen molar-refractivity contribution in [1.29, 1.82) is 0 Å².